The van der Waals surface area contributed by atoms with Crippen molar-refractivity contribution in [3.8, 4) is 0 Å². The molecule has 6 aromatic rings. The molecule has 6 heteroatoms. The highest BCUT2D eigenvalue weighted by atomic mass is 79.9. The summed E-state index contributed by atoms with van der Waals surface area (Å²) in [5.41, 5.74) is 2.69. The fourth-order valence-corrected chi connectivity index (χ4v) is 5.54. The number of fused-ring (bicyclic) bond motifs is 2. The van der Waals surface area contributed by atoms with Crippen molar-refractivity contribution in [1.29, 1.82) is 0 Å². The summed E-state index contributed by atoms with van der Waals surface area (Å²) in [5.74, 6) is 0. The summed E-state index contributed by atoms with van der Waals surface area (Å²) < 4.78 is 9.23. The maximum absolute atomic E-state index is 2.33. The lowest BCUT2D eigenvalue weighted by atomic mass is 10.1. The summed E-state index contributed by atoms with van der Waals surface area (Å²) in [6.07, 6.45) is 19.6. The molecule has 4 aromatic carbocycles. The standard InChI is InChI=1S/C35H38N4.2BrH/c1(2-8-18-36-20-22-38(28-36)26-30-14-16-32-10-4-6-12-34(32)24-30)3-9-19-37-21-23-39(29-37)27-31-15-17-33-11-5-7-13-35(33)25-31;;/h4-7,10-17,20-25,28-29H,1-3,8-9,18-19,26-27H2;2*1H/q+2;;/p-2. The van der Waals surface area contributed by atoms with Gasteiger partial charge in [0.2, 0.25) is 12.7 Å². The van der Waals surface area contributed by atoms with Gasteiger partial charge >= 0.3 is 0 Å². The Balaban J connectivity index is 0.00000194. The molecule has 0 radical (unpaired) electrons. The van der Waals surface area contributed by atoms with Crippen LogP contribution < -0.4 is 43.1 Å². The van der Waals surface area contributed by atoms with Gasteiger partial charge in [-0.05, 0) is 70.5 Å². The fourth-order valence-electron chi connectivity index (χ4n) is 5.54. The third-order valence-corrected chi connectivity index (χ3v) is 7.68. The first-order chi connectivity index (χ1) is 19.3. The van der Waals surface area contributed by atoms with E-state index >= 15 is 0 Å². The molecule has 2 heterocycles. The summed E-state index contributed by atoms with van der Waals surface area (Å²) in [6.45, 7) is 4.02. The molecule has 0 aliphatic heterocycles. The zero-order valence-corrected chi connectivity index (χ0v) is 26.6. The average Bonchev–Trinajstić information content (AvgIpc) is 3.61. The van der Waals surface area contributed by atoms with E-state index in [2.05, 4.69) is 141 Å². The van der Waals surface area contributed by atoms with Gasteiger partial charge in [-0.2, -0.15) is 0 Å². The number of unbranched alkanes of at least 4 members (excludes halogenated alkanes) is 4. The molecule has 0 bridgehead atoms. The van der Waals surface area contributed by atoms with Gasteiger partial charge in [-0.1, -0.05) is 79.2 Å². The van der Waals surface area contributed by atoms with Crippen LogP contribution in [0.3, 0.4) is 0 Å². The molecule has 0 N–H and O–H groups in total. The summed E-state index contributed by atoms with van der Waals surface area (Å²) in [7, 11) is 0. The van der Waals surface area contributed by atoms with Crippen molar-refractivity contribution in [2.45, 2.75) is 58.3 Å². The van der Waals surface area contributed by atoms with E-state index in [1.165, 1.54) is 64.8 Å². The van der Waals surface area contributed by atoms with Gasteiger partial charge in [0.25, 0.3) is 0 Å². The Labute approximate surface area is 264 Å². The highest BCUT2D eigenvalue weighted by molar-refractivity contribution is 5.83. The number of aryl methyl sites for hydroxylation is 2. The molecule has 0 aliphatic carbocycles. The zero-order chi connectivity index (χ0) is 26.3. The van der Waals surface area contributed by atoms with E-state index in [1.54, 1.807) is 0 Å². The van der Waals surface area contributed by atoms with Crippen LogP contribution in [0.4, 0.5) is 0 Å². The quantitative estimate of drug-likeness (QED) is 0.136. The fraction of sp³-hybridized carbons (Fsp3) is 0.257. The lowest BCUT2D eigenvalue weighted by Crippen LogP contribution is -3.00. The number of rotatable bonds is 12. The maximum atomic E-state index is 2.33. The molecule has 2 aromatic heterocycles. The van der Waals surface area contributed by atoms with Crippen molar-refractivity contribution in [2.24, 2.45) is 0 Å². The lowest BCUT2D eigenvalue weighted by Gasteiger charge is -2.02. The van der Waals surface area contributed by atoms with E-state index in [-0.39, 0.29) is 34.0 Å². The second-order valence-corrected chi connectivity index (χ2v) is 10.8. The second-order valence-electron chi connectivity index (χ2n) is 10.8. The van der Waals surface area contributed by atoms with Gasteiger partial charge in [-0.15, -0.1) is 0 Å². The van der Waals surface area contributed by atoms with Crippen molar-refractivity contribution in [3.05, 3.63) is 133 Å². The van der Waals surface area contributed by atoms with E-state index in [1.807, 2.05) is 0 Å². The van der Waals surface area contributed by atoms with Gasteiger partial charge in [0.05, 0.1) is 13.1 Å². The van der Waals surface area contributed by atoms with Gasteiger partial charge < -0.3 is 34.0 Å². The SMILES string of the molecule is [Br-].[Br-].c1ccc2cc(C[n+]3ccn(CCCCCCCn4cc[n+](Cc5ccc6ccccc6c5)c4)c3)ccc2c1. The van der Waals surface area contributed by atoms with Crippen LogP contribution in [0.5, 0.6) is 0 Å². The van der Waals surface area contributed by atoms with Crippen LogP contribution in [0, 0.1) is 0 Å². The predicted octanol–water partition coefficient (Wildman–Crippen LogP) is 0.926. The highest BCUT2D eigenvalue weighted by Crippen LogP contribution is 2.16. The average molecular weight is 675 g/mol. The molecule has 41 heavy (non-hydrogen) atoms. The van der Waals surface area contributed by atoms with E-state index in [0.29, 0.717) is 0 Å². The summed E-state index contributed by atoms with van der Waals surface area (Å²) in [5, 5.41) is 5.23. The Morgan fingerprint density at radius 3 is 1.34 bits per heavy atom. The monoisotopic (exact) mass is 672 g/mol. The first-order valence-corrected chi connectivity index (χ1v) is 14.3. The Kier molecular flexibility index (Phi) is 11.3. The van der Waals surface area contributed by atoms with Crippen LogP contribution in [0.1, 0.15) is 43.2 Å². The van der Waals surface area contributed by atoms with Crippen molar-refractivity contribution in [2.75, 3.05) is 0 Å². The highest BCUT2D eigenvalue weighted by Gasteiger charge is 2.07. The third kappa shape index (κ3) is 8.40. The summed E-state index contributed by atoms with van der Waals surface area (Å²) >= 11 is 0. The van der Waals surface area contributed by atoms with E-state index in [9.17, 15) is 0 Å². The number of nitrogens with zero attached hydrogens (tertiary/aromatic N) is 4. The largest absolute Gasteiger partial charge is 1.00 e. The minimum atomic E-state index is 0. The molecule has 6 rings (SSSR count). The lowest BCUT2D eigenvalue weighted by molar-refractivity contribution is -0.688. The van der Waals surface area contributed by atoms with Crippen LogP contribution in [-0.4, -0.2) is 9.13 Å². The first kappa shape index (κ1) is 30.7. The molecular formula is C35H38Br2N4. The number of benzene rings is 4. The van der Waals surface area contributed by atoms with E-state index in [0.717, 1.165) is 26.2 Å². The zero-order valence-electron chi connectivity index (χ0n) is 23.5. The first-order valence-electron chi connectivity index (χ1n) is 14.3. The van der Waals surface area contributed by atoms with Crippen molar-refractivity contribution in [3.63, 3.8) is 0 Å². The second kappa shape index (κ2) is 15.1. The van der Waals surface area contributed by atoms with Gasteiger partial charge in [-0.25, -0.2) is 18.3 Å². The van der Waals surface area contributed by atoms with Crippen LogP contribution in [0.2, 0.25) is 0 Å². The van der Waals surface area contributed by atoms with Crippen LogP contribution >= 0.6 is 0 Å². The van der Waals surface area contributed by atoms with Crippen molar-refractivity contribution < 1.29 is 43.1 Å². The molecule has 0 saturated heterocycles. The van der Waals surface area contributed by atoms with Gasteiger partial charge in [0, 0.05) is 0 Å². The smallest absolute Gasteiger partial charge is 0.244 e. The maximum Gasteiger partial charge on any atom is 0.244 e. The number of hydrogen-bond acceptors (Lipinski definition) is 0. The Morgan fingerprint density at radius 2 is 0.878 bits per heavy atom. The minimum absolute atomic E-state index is 0. The molecular weight excluding hydrogens is 636 g/mol. The van der Waals surface area contributed by atoms with E-state index < -0.39 is 0 Å². The van der Waals surface area contributed by atoms with Crippen LogP contribution in [-0.2, 0) is 26.2 Å². The molecule has 0 amide bonds. The molecule has 0 saturated carbocycles. The van der Waals surface area contributed by atoms with Gasteiger partial charge in [0.15, 0.2) is 0 Å². The molecule has 212 valence electrons. The van der Waals surface area contributed by atoms with Crippen molar-refractivity contribution in [1.82, 2.24) is 9.13 Å². The predicted molar refractivity (Wildman–Crippen MR) is 158 cm³/mol. The van der Waals surface area contributed by atoms with Gasteiger partial charge in [0.1, 0.15) is 37.9 Å². The van der Waals surface area contributed by atoms with E-state index in [4.69, 9.17) is 0 Å². The molecule has 0 fully saturated rings. The summed E-state index contributed by atoms with van der Waals surface area (Å²) in [6, 6.07) is 30.7. The van der Waals surface area contributed by atoms with Gasteiger partial charge in [-0.3, -0.25) is 0 Å². The van der Waals surface area contributed by atoms with Crippen molar-refractivity contribution >= 4 is 21.5 Å². The Hall–Kier alpha value is -3.22. The molecule has 0 atom stereocenters. The Morgan fingerprint density at radius 1 is 0.463 bits per heavy atom. The molecule has 4 nitrogen and oxygen atoms in total. The molecule has 0 unspecified atom stereocenters. The molecule has 0 spiro atoms. The number of aromatic nitrogens is 4. The third-order valence-electron chi connectivity index (χ3n) is 7.68. The van der Waals surface area contributed by atoms with Crippen LogP contribution in [0.25, 0.3) is 21.5 Å². The van der Waals surface area contributed by atoms with Crippen LogP contribution in [0.15, 0.2) is 122 Å². The number of imidazole rings is 2. The number of hydrogen-bond donors (Lipinski definition) is 0. The topological polar surface area (TPSA) is 17.6 Å². The summed E-state index contributed by atoms with van der Waals surface area (Å²) in [4.78, 5) is 0. The molecule has 0 aliphatic rings. The minimum Gasteiger partial charge on any atom is -1.00 e. The normalized spacial score (nSPS) is 10.9. The Bertz CT molecular complexity index is 1550. The number of halogens is 2.